The predicted octanol–water partition coefficient (Wildman–Crippen LogP) is 1.69. The molecule has 3 heteroatoms. The molecule has 0 atom stereocenters. The summed E-state index contributed by atoms with van der Waals surface area (Å²) in [7, 11) is 2.19. The van der Waals surface area contributed by atoms with E-state index in [1.807, 2.05) is 0 Å². The van der Waals surface area contributed by atoms with Crippen LogP contribution in [0.5, 0.6) is 0 Å². The Hall–Kier alpha value is -0.120. The first-order valence-corrected chi connectivity index (χ1v) is 6.46. The van der Waals surface area contributed by atoms with Gasteiger partial charge in [-0.3, -0.25) is 4.90 Å². The lowest BCUT2D eigenvalue weighted by Crippen LogP contribution is -2.46. The summed E-state index contributed by atoms with van der Waals surface area (Å²) < 4.78 is 5.97. The molecule has 0 amide bonds. The zero-order chi connectivity index (χ0) is 12.2. The fraction of sp³-hybridized carbons (Fsp3) is 1.00. The number of rotatable bonds is 5. The molecule has 1 aliphatic heterocycles. The Morgan fingerprint density at radius 3 is 2.19 bits per heavy atom. The molecule has 3 nitrogen and oxygen atoms in total. The molecule has 96 valence electrons. The van der Waals surface area contributed by atoms with E-state index in [0.29, 0.717) is 5.92 Å². The van der Waals surface area contributed by atoms with Crippen LogP contribution in [0.1, 0.15) is 27.7 Å². The highest BCUT2D eigenvalue weighted by Crippen LogP contribution is 2.19. The third-order valence-corrected chi connectivity index (χ3v) is 3.87. The van der Waals surface area contributed by atoms with Crippen molar-refractivity contribution in [1.82, 2.24) is 9.80 Å². The highest BCUT2D eigenvalue weighted by Gasteiger charge is 2.23. The van der Waals surface area contributed by atoms with Crippen molar-refractivity contribution in [1.29, 1.82) is 0 Å². The molecule has 0 spiro atoms. The van der Waals surface area contributed by atoms with Crippen LogP contribution in [-0.2, 0) is 4.74 Å². The number of ether oxygens (including phenoxy) is 1. The number of likely N-dealkylation sites (N-methyl/N-ethyl adjacent to an activating group) is 1. The van der Waals surface area contributed by atoms with Gasteiger partial charge in [0.2, 0.25) is 0 Å². The van der Waals surface area contributed by atoms with Crippen LogP contribution < -0.4 is 0 Å². The van der Waals surface area contributed by atoms with E-state index in [1.165, 1.54) is 26.2 Å². The molecule has 1 fully saturated rings. The van der Waals surface area contributed by atoms with Crippen molar-refractivity contribution >= 4 is 0 Å². The van der Waals surface area contributed by atoms with E-state index in [-0.39, 0.29) is 5.60 Å². The third-order valence-electron chi connectivity index (χ3n) is 3.87. The summed E-state index contributed by atoms with van der Waals surface area (Å²) in [6, 6.07) is 0. The highest BCUT2D eigenvalue weighted by molar-refractivity contribution is 4.74. The lowest BCUT2D eigenvalue weighted by Gasteiger charge is -2.34. The first kappa shape index (κ1) is 13.9. The van der Waals surface area contributed by atoms with E-state index < -0.39 is 0 Å². The van der Waals surface area contributed by atoms with Crippen molar-refractivity contribution in [2.45, 2.75) is 33.3 Å². The van der Waals surface area contributed by atoms with Crippen molar-refractivity contribution in [2.24, 2.45) is 5.92 Å². The average Bonchev–Trinajstić information content (AvgIpc) is 2.20. The summed E-state index contributed by atoms with van der Waals surface area (Å²) in [6.45, 7) is 15.5. The number of hydrogen-bond donors (Lipinski definition) is 0. The van der Waals surface area contributed by atoms with Crippen molar-refractivity contribution in [3.8, 4) is 0 Å². The Balaban J connectivity index is 2.16. The average molecular weight is 228 g/mol. The Labute approximate surface area is 101 Å². The van der Waals surface area contributed by atoms with Crippen LogP contribution in [0.25, 0.3) is 0 Å². The zero-order valence-electron chi connectivity index (χ0n) is 11.6. The SMILES string of the molecule is CC(C)C(C)(C)OCCN1CCN(C)CC1. The predicted molar refractivity (Wildman–Crippen MR) is 68.8 cm³/mol. The zero-order valence-corrected chi connectivity index (χ0v) is 11.6. The molecule has 0 bridgehead atoms. The maximum Gasteiger partial charge on any atom is 0.0649 e. The summed E-state index contributed by atoms with van der Waals surface area (Å²) in [4.78, 5) is 4.88. The van der Waals surface area contributed by atoms with Crippen LogP contribution in [0.3, 0.4) is 0 Å². The molecule has 0 unspecified atom stereocenters. The van der Waals surface area contributed by atoms with E-state index in [9.17, 15) is 0 Å². The molecule has 1 aliphatic rings. The largest absolute Gasteiger partial charge is 0.374 e. The van der Waals surface area contributed by atoms with Gasteiger partial charge in [-0.2, -0.15) is 0 Å². The quantitative estimate of drug-likeness (QED) is 0.712. The van der Waals surface area contributed by atoms with Gasteiger partial charge in [-0.05, 0) is 26.8 Å². The van der Waals surface area contributed by atoms with Gasteiger partial charge >= 0.3 is 0 Å². The van der Waals surface area contributed by atoms with Gasteiger partial charge in [0, 0.05) is 32.7 Å². The van der Waals surface area contributed by atoms with E-state index in [0.717, 1.165) is 13.2 Å². The van der Waals surface area contributed by atoms with Gasteiger partial charge in [0.1, 0.15) is 0 Å². The molecule has 1 rings (SSSR count). The number of nitrogens with zero attached hydrogens (tertiary/aromatic N) is 2. The molecule has 0 radical (unpaired) electrons. The van der Waals surface area contributed by atoms with Crippen LogP contribution >= 0.6 is 0 Å². The Morgan fingerprint density at radius 2 is 1.69 bits per heavy atom. The topological polar surface area (TPSA) is 15.7 Å². The van der Waals surface area contributed by atoms with Crippen LogP contribution in [0.4, 0.5) is 0 Å². The van der Waals surface area contributed by atoms with E-state index in [2.05, 4.69) is 44.5 Å². The first-order chi connectivity index (χ1) is 7.42. The molecule has 0 saturated carbocycles. The first-order valence-electron chi connectivity index (χ1n) is 6.46. The van der Waals surface area contributed by atoms with E-state index in [1.54, 1.807) is 0 Å². The number of hydrogen-bond acceptors (Lipinski definition) is 3. The Morgan fingerprint density at radius 1 is 1.12 bits per heavy atom. The van der Waals surface area contributed by atoms with Gasteiger partial charge in [-0.25, -0.2) is 0 Å². The third kappa shape index (κ3) is 4.40. The monoisotopic (exact) mass is 228 g/mol. The lowest BCUT2D eigenvalue weighted by atomic mass is 9.95. The van der Waals surface area contributed by atoms with Gasteiger partial charge in [-0.15, -0.1) is 0 Å². The second-order valence-corrected chi connectivity index (χ2v) is 5.75. The molecule has 0 aromatic rings. The van der Waals surface area contributed by atoms with Crippen LogP contribution in [0.2, 0.25) is 0 Å². The number of piperazine rings is 1. The summed E-state index contributed by atoms with van der Waals surface area (Å²) >= 11 is 0. The standard InChI is InChI=1S/C13H28N2O/c1-12(2)13(3,4)16-11-10-15-8-6-14(5)7-9-15/h12H,6-11H2,1-5H3. The van der Waals surface area contributed by atoms with Crippen molar-refractivity contribution in [3.63, 3.8) is 0 Å². The highest BCUT2D eigenvalue weighted by atomic mass is 16.5. The molecule has 1 heterocycles. The minimum atomic E-state index is 0.00653. The minimum Gasteiger partial charge on any atom is -0.374 e. The molecule has 1 saturated heterocycles. The molecule has 0 aromatic carbocycles. The minimum absolute atomic E-state index is 0.00653. The fourth-order valence-electron chi connectivity index (χ4n) is 1.68. The Bertz CT molecular complexity index is 196. The van der Waals surface area contributed by atoms with E-state index in [4.69, 9.17) is 4.74 Å². The second-order valence-electron chi connectivity index (χ2n) is 5.75. The molecular weight excluding hydrogens is 200 g/mol. The van der Waals surface area contributed by atoms with Crippen LogP contribution in [-0.4, -0.2) is 61.8 Å². The summed E-state index contributed by atoms with van der Waals surface area (Å²) in [5.74, 6) is 0.569. The molecule has 16 heavy (non-hydrogen) atoms. The van der Waals surface area contributed by atoms with Gasteiger partial charge in [0.15, 0.2) is 0 Å². The molecule has 0 N–H and O–H groups in total. The molecule has 0 aromatic heterocycles. The molecule has 0 aliphatic carbocycles. The maximum absolute atomic E-state index is 5.97. The normalized spacial score (nSPS) is 20.6. The van der Waals surface area contributed by atoms with Gasteiger partial charge in [-0.1, -0.05) is 13.8 Å². The Kier molecular flexibility index (Phi) is 5.22. The summed E-state index contributed by atoms with van der Waals surface area (Å²) in [5.41, 5.74) is 0.00653. The maximum atomic E-state index is 5.97. The smallest absolute Gasteiger partial charge is 0.0649 e. The van der Waals surface area contributed by atoms with Gasteiger partial charge in [0.05, 0.1) is 12.2 Å². The second kappa shape index (κ2) is 5.99. The molecular formula is C13H28N2O. The van der Waals surface area contributed by atoms with Crippen LogP contribution in [0, 0.1) is 5.92 Å². The lowest BCUT2D eigenvalue weighted by molar-refractivity contribution is -0.0588. The fourth-order valence-corrected chi connectivity index (χ4v) is 1.68. The van der Waals surface area contributed by atoms with Crippen molar-refractivity contribution in [3.05, 3.63) is 0 Å². The summed E-state index contributed by atoms with van der Waals surface area (Å²) in [5, 5.41) is 0. The van der Waals surface area contributed by atoms with Gasteiger partial charge < -0.3 is 9.64 Å². The summed E-state index contributed by atoms with van der Waals surface area (Å²) in [6.07, 6.45) is 0. The van der Waals surface area contributed by atoms with E-state index >= 15 is 0 Å². The van der Waals surface area contributed by atoms with Gasteiger partial charge in [0.25, 0.3) is 0 Å². The van der Waals surface area contributed by atoms with Crippen LogP contribution in [0.15, 0.2) is 0 Å². The van der Waals surface area contributed by atoms with Crippen molar-refractivity contribution in [2.75, 3.05) is 46.4 Å². The van der Waals surface area contributed by atoms with Crippen molar-refractivity contribution < 1.29 is 4.74 Å².